The van der Waals surface area contributed by atoms with Gasteiger partial charge in [-0.15, -0.1) is 11.3 Å². The van der Waals surface area contributed by atoms with E-state index in [2.05, 4.69) is 9.98 Å². The standard InChI is InChI=1S/C19H20N4O2S2/c1-19(2,3)27(24,25)13-5-6-16-14(9-13)18(20)21-10-23(16)12-4-7-17-15(8-12)22-11-26-17/h4-9,11H,10H2,1-3H3,(H2,20,21). The summed E-state index contributed by atoms with van der Waals surface area (Å²) in [6, 6.07) is 11.1. The van der Waals surface area contributed by atoms with E-state index in [1.807, 2.05) is 28.6 Å². The van der Waals surface area contributed by atoms with Gasteiger partial charge in [-0.2, -0.15) is 0 Å². The molecule has 1 aliphatic heterocycles. The number of nitrogens with two attached hydrogens (primary N) is 1. The summed E-state index contributed by atoms with van der Waals surface area (Å²) in [5, 5.41) is 0. The molecule has 0 atom stereocenters. The molecule has 6 nitrogen and oxygen atoms in total. The third kappa shape index (κ3) is 2.89. The number of aliphatic imine (C=N–C) groups is 1. The number of thiazole rings is 1. The van der Waals surface area contributed by atoms with Gasteiger partial charge in [0.2, 0.25) is 0 Å². The zero-order valence-corrected chi connectivity index (χ0v) is 16.9. The van der Waals surface area contributed by atoms with Crippen LogP contribution in [0.5, 0.6) is 0 Å². The topological polar surface area (TPSA) is 88.6 Å². The predicted molar refractivity (Wildman–Crippen MR) is 111 cm³/mol. The first-order valence-electron chi connectivity index (χ1n) is 8.48. The van der Waals surface area contributed by atoms with Gasteiger partial charge in [0.05, 0.1) is 31.1 Å². The molecule has 2 N–H and O–H groups in total. The van der Waals surface area contributed by atoms with Crippen LogP contribution in [0, 0.1) is 0 Å². The smallest absolute Gasteiger partial charge is 0.183 e. The summed E-state index contributed by atoms with van der Waals surface area (Å²) in [5.41, 5.74) is 11.3. The van der Waals surface area contributed by atoms with Crippen LogP contribution >= 0.6 is 11.3 Å². The molecule has 1 aliphatic rings. The van der Waals surface area contributed by atoms with Gasteiger partial charge in [-0.1, -0.05) is 0 Å². The van der Waals surface area contributed by atoms with Gasteiger partial charge in [0.15, 0.2) is 9.84 Å². The van der Waals surface area contributed by atoms with Crippen molar-refractivity contribution in [2.24, 2.45) is 10.7 Å². The van der Waals surface area contributed by atoms with E-state index in [0.717, 1.165) is 21.6 Å². The van der Waals surface area contributed by atoms with Crippen LogP contribution in [-0.4, -0.2) is 30.7 Å². The fraction of sp³-hybridized carbons (Fsp3) is 0.263. The van der Waals surface area contributed by atoms with Crippen LogP contribution in [0.25, 0.3) is 10.2 Å². The Balaban J connectivity index is 1.83. The first-order chi connectivity index (χ1) is 12.7. The minimum Gasteiger partial charge on any atom is -0.383 e. The van der Waals surface area contributed by atoms with Crippen molar-refractivity contribution in [2.75, 3.05) is 11.6 Å². The maximum atomic E-state index is 12.8. The van der Waals surface area contributed by atoms with Crippen molar-refractivity contribution in [1.29, 1.82) is 0 Å². The second-order valence-corrected chi connectivity index (χ2v) is 11.0. The van der Waals surface area contributed by atoms with E-state index in [-0.39, 0.29) is 4.90 Å². The van der Waals surface area contributed by atoms with Gasteiger partial charge < -0.3 is 10.6 Å². The molecule has 27 heavy (non-hydrogen) atoms. The second kappa shape index (κ2) is 6.03. The number of rotatable bonds is 2. The molecule has 0 unspecified atom stereocenters. The summed E-state index contributed by atoms with van der Waals surface area (Å²) in [5.74, 6) is 0.349. The van der Waals surface area contributed by atoms with E-state index < -0.39 is 14.6 Å². The van der Waals surface area contributed by atoms with Crippen molar-refractivity contribution < 1.29 is 8.42 Å². The Kier molecular flexibility index (Phi) is 4.01. The summed E-state index contributed by atoms with van der Waals surface area (Å²) < 4.78 is 25.9. The second-order valence-electron chi connectivity index (χ2n) is 7.41. The number of aromatic nitrogens is 1. The Labute approximate surface area is 162 Å². The lowest BCUT2D eigenvalue weighted by Gasteiger charge is -2.30. The molecule has 0 amide bonds. The van der Waals surface area contributed by atoms with Gasteiger partial charge in [-0.05, 0) is 57.2 Å². The minimum absolute atomic E-state index is 0.253. The Morgan fingerprint density at radius 3 is 2.67 bits per heavy atom. The normalized spacial score (nSPS) is 14.9. The first kappa shape index (κ1) is 17.9. The third-order valence-corrected chi connectivity index (χ3v) is 7.96. The summed E-state index contributed by atoms with van der Waals surface area (Å²) in [6.45, 7) is 5.44. The summed E-state index contributed by atoms with van der Waals surface area (Å²) >= 11 is 1.59. The third-order valence-electron chi connectivity index (χ3n) is 4.66. The predicted octanol–water partition coefficient (Wildman–Crippen LogP) is 3.68. The lowest BCUT2D eigenvalue weighted by atomic mass is 10.1. The zero-order valence-electron chi connectivity index (χ0n) is 15.3. The quantitative estimate of drug-likeness (QED) is 0.709. The lowest BCUT2D eigenvalue weighted by Crippen LogP contribution is -2.31. The van der Waals surface area contributed by atoms with Gasteiger partial charge >= 0.3 is 0 Å². The van der Waals surface area contributed by atoms with E-state index in [0.29, 0.717) is 18.1 Å². The molecule has 0 saturated heterocycles. The maximum absolute atomic E-state index is 12.8. The SMILES string of the molecule is CC(C)(C)S(=O)(=O)c1ccc2c(c1)C(N)=NCN2c1ccc2scnc2c1. The van der Waals surface area contributed by atoms with Gasteiger partial charge in [0.25, 0.3) is 0 Å². The number of amidine groups is 1. The molecule has 0 fully saturated rings. The molecule has 1 aromatic heterocycles. The zero-order chi connectivity index (χ0) is 19.4. The van der Waals surface area contributed by atoms with Crippen LogP contribution < -0.4 is 10.6 Å². The van der Waals surface area contributed by atoms with Crippen molar-refractivity contribution in [2.45, 2.75) is 30.4 Å². The minimum atomic E-state index is -3.47. The highest BCUT2D eigenvalue weighted by atomic mass is 32.2. The molecule has 2 aromatic carbocycles. The van der Waals surface area contributed by atoms with Crippen molar-refractivity contribution in [1.82, 2.24) is 4.98 Å². The molecule has 8 heteroatoms. The summed E-state index contributed by atoms with van der Waals surface area (Å²) in [4.78, 5) is 11.0. The van der Waals surface area contributed by atoms with Crippen molar-refractivity contribution >= 4 is 48.6 Å². The van der Waals surface area contributed by atoms with Crippen molar-refractivity contribution in [3.8, 4) is 0 Å². The molecule has 0 spiro atoms. The molecule has 140 valence electrons. The van der Waals surface area contributed by atoms with E-state index in [1.165, 1.54) is 0 Å². The Morgan fingerprint density at radius 1 is 1.15 bits per heavy atom. The molecule has 4 rings (SSSR count). The molecule has 3 aromatic rings. The van der Waals surface area contributed by atoms with Crippen molar-refractivity contribution in [3.05, 3.63) is 47.5 Å². The number of anilines is 2. The molecule has 0 saturated carbocycles. The number of fused-ring (bicyclic) bond motifs is 2. The monoisotopic (exact) mass is 400 g/mol. The molecular weight excluding hydrogens is 380 g/mol. The van der Waals surface area contributed by atoms with Gasteiger partial charge in [0, 0.05) is 11.3 Å². The Hall–Kier alpha value is -2.45. The molecular formula is C19H20N4O2S2. The highest BCUT2D eigenvalue weighted by Gasteiger charge is 2.32. The summed E-state index contributed by atoms with van der Waals surface area (Å²) in [7, 11) is -3.47. The van der Waals surface area contributed by atoms with Gasteiger partial charge in [-0.25, -0.2) is 18.4 Å². The lowest BCUT2D eigenvalue weighted by molar-refractivity contribution is 0.560. The van der Waals surface area contributed by atoms with E-state index in [1.54, 1.807) is 50.3 Å². The number of hydrogen-bond donors (Lipinski definition) is 1. The highest BCUT2D eigenvalue weighted by molar-refractivity contribution is 7.92. The average Bonchev–Trinajstić information content (AvgIpc) is 3.08. The highest BCUT2D eigenvalue weighted by Crippen LogP contribution is 2.36. The number of sulfone groups is 1. The Bertz CT molecular complexity index is 1170. The fourth-order valence-corrected chi connectivity index (χ4v) is 4.91. The van der Waals surface area contributed by atoms with Crippen LogP contribution in [0.2, 0.25) is 0 Å². The number of benzene rings is 2. The Morgan fingerprint density at radius 2 is 1.93 bits per heavy atom. The fourth-order valence-electron chi connectivity index (χ4n) is 3.02. The van der Waals surface area contributed by atoms with Crippen LogP contribution in [0.15, 0.2) is 51.8 Å². The van der Waals surface area contributed by atoms with Crippen molar-refractivity contribution in [3.63, 3.8) is 0 Å². The van der Waals surface area contributed by atoms with E-state index in [4.69, 9.17) is 5.73 Å². The number of nitrogens with zero attached hydrogens (tertiary/aromatic N) is 3. The number of hydrogen-bond acceptors (Lipinski definition) is 7. The van der Waals surface area contributed by atoms with E-state index in [9.17, 15) is 8.42 Å². The maximum Gasteiger partial charge on any atom is 0.183 e. The summed E-state index contributed by atoms with van der Waals surface area (Å²) in [6.07, 6.45) is 0. The molecule has 0 aliphatic carbocycles. The molecule has 2 heterocycles. The average molecular weight is 401 g/mol. The van der Waals surface area contributed by atoms with Crippen LogP contribution in [0.3, 0.4) is 0 Å². The van der Waals surface area contributed by atoms with Crippen LogP contribution in [0.4, 0.5) is 11.4 Å². The van der Waals surface area contributed by atoms with Gasteiger partial charge in [0.1, 0.15) is 12.5 Å². The van der Waals surface area contributed by atoms with Crippen LogP contribution in [0.1, 0.15) is 26.3 Å². The molecule has 0 radical (unpaired) electrons. The largest absolute Gasteiger partial charge is 0.383 e. The van der Waals surface area contributed by atoms with E-state index >= 15 is 0 Å². The van der Waals surface area contributed by atoms with Crippen LogP contribution in [-0.2, 0) is 9.84 Å². The molecule has 0 bridgehead atoms. The first-order valence-corrected chi connectivity index (χ1v) is 10.8. The van der Waals surface area contributed by atoms with Gasteiger partial charge in [-0.3, -0.25) is 0 Å².